The SMILES string of the molecule is COc1ccc(F)cc1C[NH+]1CCN(C(=O)CN2C(=O)c3ccccc3C2=O)CC1. The number of carbonyl (C=O) groups is 3. The number of nitrogens with zero attached hydrogens (tertiary/aromatic N) is 2. The summed E-state index contributed by atoms with van der Waals surface area (Å²) in [6.07, 6.45) is 0. The zero-order valence-electron chi connectivity index (χ0n) is 16.7. The van der Waals surface area contributed by atoms with Crippen molar-refractivity contribution in [3.05, 3.63) is 65.0 Å². The Labute approximate surface area is 173 Å². The molecule has 2 aromatic carbocycles. The van der Waals surface area contributed by atoms with Crippen molar-refractivity contribution in [2.24, 2.45) is 0 Å². The van der Waals surface area contributed by atoms with Gasteiger partial charge in [-0.25, -0.2) is 4.39 Å². The normalized spacial score (nSPS) is 16.7. The van der Waals surface area contributed by atoms with E-state index in [9.17, 15) is 18.8 Å². The van der Waals surface area contributed by atoms with Gasteiger partial charge in [0.25, 0.3) is 11.8 Å². The first-order valence-corrected chi connectivity index (χ1v) is 9.87. The van der Waals surface area contributed by atoms with E-state index in [-0.39, 0.29) is 18.3 Å². The highest BCUT2D eigenvalue weighted by Crippen LogP contribution is 2.22. The van der Waals surface area contributed by atoms with Crippen molar-refractivity contribution in [2.45, 2.75) is 6.54 Å². The largest absolute Gasteiger partial charge is 0.496 e. The molecular formula is C22H23FN3O4+. The lowest BCUT2D eigenvalue weighted by molar-refractivity contribution is -0.917. The van der Waals surface area contributed by atoms with Crippen LogP contribution < -0.4 is 9.64 Å². The number of benzene rings is 2. The van der Waals surface area contributed by atoms with Crippen LogP contribution in [-0.4, -0.2) is 67.4 Å². The fourth-order valence-corrected chi connectivity index (χ4v) is 4.02. The third-order valence-electron chi connectivity index (χ3n) is 5.68. The van der Waals surface area contributed by atoms with Crippen LogP contribution in [0.25, 0.3) is 0 Å². The topological polar surface area (TPSA) is 71.4 Å². The summed E-state index contributed by atoms with van der Waals surface area (Å²) in [5.74, 6) is -0.752. The van der Waals surface area contributed by atoms with Crippen molar-refractivity contribution in [3.8, 4) is 5.75 Å². The van der Waals surface area contributed by atoms with E-state index in [1.807, 2.05) is 0 Å². The minimum absolute atomic E-state index is 0.244. The van der Waals surface area contributed by atoms with Crippen molar-refractivity contribution in [2.75, 3.05) is 39.8 Å². The van der Waals surface area contributed by atoms with E-state index in [0.29, 0.717) is 49.6 Å². The van der Waals surface area contributed by atoms with Gasteiger partial charge in [0.2, 0.25) is 5.91 Å². The number of fused-ring (bicyclic) bond motifs is 1. The van der Waals surface area contributed by atoms with E-state index in [2.05, 4.69) is 0 Å². The first kappa shape index (κ1) is 20.0. The highest BCUT2D eigenvalue weighted by atomic mass is 19.1. The van der Waals surface area contributed by atoms with Crippen LogP contribution >= 0.6 is 0 Å². The summed E-state index contributed by atoms with van der Waals surface area (Å²) in [5, 5.41) is 0. The molecule has 0 spiro atoms. The fourth-order valence-electron chi connectivity index (χ4n) is 4.02. The van der Waals surface area contributed by atoms with E-state index >= 15 is 0 Å². The molecule has 4 rings (SSSR count). The molecule has 8 heteroatoms. The molecule has 30 heavy (non-hydrogen) atoms. The zero-order chi connectivity index (χ0) is 21.3. The third-order valence-corrected chi connectivity index (χ3v) is 5.68. The lowest BCUT2D eigenvalue weighted by Gasteiger charge is -2.33. The fraction of sp³-hybridized carbons (Fsp3) is 0.318. The summed E-state index contributed by atoms with van der Waals surface area (Å²) in [4.78, 5) is 41.5. The summed E-state index contributed by atoms with van der Waals surface area (Å²) < 4.78 is 18.9. The molecule has 0 bridgehead atoms. The number of amides is 3. The Morgan fingerprint density at radius 3 is 2.30 bits per heavy atom. The zero-order valence-corrected chi connectivity index (χ0v) is 16.7. The van der Waals surface area contributed by atoms with Crippen LogP contribution in [0.5, 0.6) is 5.75 Å². The Bertz CT molecular complexity index is 967. The molecule has 0 saturated carbocycles. The Morgan fingerprint density at radius 2 is 1.70 bits per heavy atom. The van der Waals surface area contributed by atoms with Crippen LogP contribution in [0, 0.1) is 5.82 Å². The Balaban J connectivity index is 1.34. The van der Waals surface area contributed by atoms with Crippen LogP contribution in [0.1, 0.15) is 26.3 Å². The number of imide groups is 1. The number of hydrogen-bond donors (Lipinski definition) is 1. The molecule has 156 valence electrons. The lowest BCUT2D eigenvalue weighted by atomic mass is 10.1. The van der Waals surface area contributed by atoms with Crippen molar-refractivity contribution >= 4 is 17.7 Å². The van der Waals surface area contributed by atoms with E-state index in [1.54, 1.807) is 42.3 Å². The summed E-state index contributed by atoms with van der Waals surface area (Å²) in [5.41, 5.74) is 1.47. The van der Waals surface area contributed by atoms with Gasteiger partial charge in [-0.15, -0.1) is 0 Å². The highest BCUT2D eigenvalue weighted by molar-refractivity contribution is 6.22. The van der Waals surface area contributed by atoms with Crippen LogP contribution in [0.4, 0.5) is 4.39 Å². The number of quaternary nitrogens is 1. The van der Waals surface area contributed by atoms with Gasteiger partial charge in [-0.3, -0.25) is 19.3 Å². The first-order chi connectivity index (χ1) is 14.5. The molecule has 1 N–H and O–H groups in total. The minimum atomic E-state index is -0.425. The van der Waals surface area contributed by atoms with Crippen LogP contribution in [0.2, 0.25) is 0 Å². The summed E-state index contributed by atoms with van der Waals surface area (Å²) in [6.45, 7) is 2.74. The van der Waals surface area contributed by atoms with Crippen LogP contribution in [0.15, 0.2) is 42.5 Å². The van der Waals surface area contributed by atoms with Gasteiger partial charge >= 0.3 is 0 Å². The van der Waals surface area contributed by atoms with Crippen molar-refractivity contribution in [1.82, 2.24) is 9.80 Å². The van der Waals surface area contributed by atoms with E-state index in [1.165, 1.54) is 17.0 Å². The molecule has 2 aromatic rings. The first-order valence-electron chi connectivity index (χ1n) is 9.87. The smallest absolute Gasteiger partial charge is 0.262 e. The second-order valence-corrected chi connectivity index (χ2v) is 7.51. The van der Waals surface area contributed by atoms with Crippen LogP contribution in [0.3, 0.4) is 0 Å². The number of hydrogen-bond acceptors (Lipinski definition) is 4. The van der Waals surface area contributed by atoms with Crippen molar-refractivity contribution < 1.29 is 28.4 Å². The third kappa shape index (κ3) is 3.78. The van der Waals surface area contributed by atoms with Gasteiger partial charge in [0.05, 0.1) is 50.0 Å². The van der Waals surface area contributed by atoms with Gasteiger partial charge in [0.15, 0.2) is 0 Å². The van der Waals surface area contributed by atoms with Crippen LogP contribution in [-0.2, 0) is 11.3 Å². The van der Waals surface area contributed by atoms with Gasteiger partial charge in [0.1, 0.15) is 24.7 Å². The van der Waals surface area contributed by atoms with E-state index < -0.39 is 11.8 Å². The number of halogens is 1. The second-order valence-electron chi connectivity index (χ2n) is 7.51. The molecule has 2 aliphatic heterocycles. The molecule has 0 aromatic heterocycles. The molecule has 2 aliphatic rings. The maximum atomic E-state index is 13.6. The van der Waals surface area contributed by atoms with E-state index in [0.717, 1.165) is 10.5 Å². The standard InChI is InChI=1S/C22H22FN3O4/c1-30-19-7-6-16(23)12-15(19)13-24-8-10-25(11-9-24)20(27)14-26-21(28)17-4-2-3-5-18(17)22(26)29/h2-7,12H,8-11,13-14H2,1H3/p+1. The molecule has 0 radical (unpaired) electrons. The monoisotopic (exact) mass is 412 g/mol. The summed E-state index contributed by atoms with van der Waals surface area (Å²) in [7, 11) is 1.56. The maximum Gasteiger partial charge on any atom is 0.262 e. The molecule has 0 atom stereocenters. The average molecular weight is 412 g/mol. The molecule has 1 fully saturated rings. The predicted octanol–water partition coefficient (Wildman–Crippen LogP) is 0.358. The number of rotatable bonds is 5. The lowest BCUT2D eigenvalue weighted by Crippen LogP contribution is -3.13. The molecule has 0 aliphatic carbocycles. The number of piperazine rings is 1. The molecule has 1 saturated heterocycles. The minimum Gasteiger partial charge on any atom is -0.496 e. The number of nitrogens with one attached hydrogen (secondary N) is 1. The predicted molar refractivity (Wildman–Crippen MR) is 106 cm³/mol. The van der Waals surface area contributed by atoms with Gasteiger partial charge < -0.3 is 14.5 Å². The number of methoxy groups -OCH3 is 1. The van der Waals surface area contributed by atoms with Gasteiger partial charge in [-0.1, -0.05) is 12.1 Å². The van der Waals surface area contributed by atoms with Crippen molar-refractivity contribution in [3.63, 3.8) is 0 Å². The maximum absolute atomic E-state index is 13.6. The van der Waals surface area contributed by atoms with Crippen molar-refractivity contribution in [1.29, 1.82) is 0 Å². The number of carbonyl (C=O) groups excluding carboxylic acids is 3. The molecule has 2 heterocycles. The summed E-state index contributed by atoms with van der Waals surface area (Å²) >= 11 is 0. The highest BCUT2D eigenvalue weighted by Gasteiger charge is 2.37. The van der Waals surface area contributed by atoms with Gasteiger partial charge in [-0.2, -0.15) is 0 Å². The second kappa shape index (κ2) is 8.23. The number of ether oxygens (including phenoxy) is 1. The molecule has 7 nitrogen and oxygen atoms in total. The quantitative estimate of drug-likeness (QED) is 0.720. The molecular weight excluding hydrogens is 389 g/mol. The molecule has 3 amide bonds. The molecule has 0 unspecified atom stereocenters. The Kier molecular flexibility index (Phi) is 5.50. The average Bonchev–Trinajstić information content (AvgIpc) is 2.99. The summed E-state index contributed by atoms with van der Waals surface area (Å²) in [6, 6.07) is 11.1. The Hall–Kier alpha value is -3.26. The van der Waals surface area contributed by atoms with E-state index in [4.69, 9.17) is 4.74 Å². The Morgan fingerprint density at radius 1 is 1.07 bits per heavy atom. The van der Waals surface area contributed by atoms with Gasteiger partial charge in [-0.05, 0) is 30.3 Å². The van der Waals surface area contributed by atoms with Gasteiger partial charge in [0, 0.05) is 0 Å².